The molecule has 0 spiro atoms. The molecule has 3 aromatic rings. The van der Waals surface area contributed by atoms with Gasteiger partial charge in [0.05, 0.1) is 31.6 Å². The standard InChI is InChI=1S/C27H29F2N5O5S/c1-17-16-39-14-12-34(17)23-15-22(27(9-10-27)40(37,38)24-20(28)3-2-4-21(24)29)32-25(33-23)18-5-7-19(8-6-18)31-26(36)30-11-13-35/h2-8,15,17,35H,9-14,16H2,1H3,(H2,30,31,36)/t17-/m0/s1. The molecule has 2 heterocycles. The minimum absolute atomic E-state index is 0.0517. The lowest BCUT2D eigenvalue weighted by atomic mass is 10.1. The van der Waals surface area contributed by atoms with Crippen LogP contribution in [0.15, 0.2) is 53.4 Å². The normalized spacial score (nSPS) is 18.3. The summed E-state index contributed by atoms with van der Waals surface area (Å²) in [7, 11) is -4.49. The Morgan fingerprint density at radius 1 is 1.15 bits per heavy atom. The van der Waals surface area contributed by atoms with Crippen molar-refractivity contribution in [2.75, 3.05) is 43.1 Å². The van der Waals surface area contributed by atoms with E-state index in [4.69, 9.17) is 14.8 Å². The minimum Gasteiger partial charge on any atom is -0.395 e. The number of halogens is 2. The average molecular weight is 574 g/mol. The molecule has 2 fully saturated rings. The van der Waals surface area contributed by atoms with Gasteiger partial charge in [-0.25, -0.2) is 32.0 Å². The second kappa shape index (κ2) is 11.1. The Balaban J connectivity index is 1.56. The van der Waals surface area contributed by atoms with Crippen LogP contribution in [-0.4, -0.2) is 68.5 Å². The number of amides is 2. The van der Waals surface area contributed by atoms with E-state index in [0.717, 1.165) is 18.2 Å². The molecule has 0 radical (unpaired) electrons. The number of carbonyl (C=O) groups excluding carboxylic acids is 1. The lowest BCUT2D eigenvalue weighted by Crippen LogP contribution is -2.44. The summed E-state index contributed by atoms with van der Waals surface area (Å²) in [5.41, 5.74) is 1.20. The van der Waals surface area contributed by atoms with E-state index < -0.39 is 37.1 Å². The first-order valence-corrected chi connectivity index (χ1v) is 14.3. The van der Waals surface area contributed by atoms with E-state index in [9.17, 15) is 22.0 Å². The van der Waals surface area contributed by atoms with E-state index in [1.165, 1.54) is 0 Å². The predicted molar refractivity (Wildman–Crippen MR) is 144 cm³/mol. The Labute approximate surface area is 230 Å². The number of hydrogen-bond acceptors (Lipinski definition) is 8. The van der Waals surface area contributed by atoms with Gasteiger partial charge in [-0.2, -0.15) is 0 Å². The molecule has 212 valence electrons. The van der Waals surface area contributed by atoms with Crippen LogP contribution in [0, 0.1) is 11.6 Å². The summed E-state index contributed by atoms with van der Waals surface area (Å²) in [4.78, 5) is 22.3. The molecule has 1 aromatic heterocycles. The number of ether oxygens (including phenoxy) is 1. The molecule has 2 aliphatic rings. The first-order chi connectivity index (χ1) is 19.2. The summed E-state index contributed by atoms with van der Waals surface area (Å²) >= 11 is 0. The zero-order valence-corrected chi connectivity index (χ0v) is 22.5. The van der Waals surface area contributed by atoms with Gasteiger partial charge in [0.2, 0.25) is 0 Å². The number of aromatic nitrogens is 2. The van der Waals surface area contributed by atoms with Gasteiger partial charge in [-0.15, -0.1) is 0 Å². The molecule has 13 heteroatoms. The molecule has 5 rings (SSSR count). The van der Waals surface area contributed by atoms with Crippen LogP contribution in [0.2, 0.25) is 0 Å². The van der Waals surface area contributed by atoms with Crippen LogP contribution in [-0.2, 0) is 19.3 Å². The number of anilines is 2. The van der Waals surface area contributed by atoms with E-state index in [1.807, 2.05) is 11.8 Å². The van der Waals surface area contributed by atoms with E-state index >= 15 is 0 Å². The second-order valence-electron chi connectivity index (χ2n) is 9.78. The summed E-state index contributed by atoms with van der Waals surface area (Å²) in [5.74, 6) is -1.57. The van der Waals surface area contributed by atoms with Crippen LogP contribution in [0.1, 0.15) is 25.5 Å². The third-order valence-electron chi connectivity index (χ3n) is 7.05. The number of carbonyl (C=O) groups is 1. The maximum atomic E-state index is 14.7. The van der Waals surface area contributed by atoms with Crippen molar-refractivity contribution in [1.82, 2.24) is 15.3 Å². The fraction of sp³-hybridized carbons (Fsp3) is 0.370. The summed E-state index contributed by atoms with van der Waals surface area (Å²) in [6.45, 7) is 3.31. The van der Waals surface area contributed by atoms with Crippen molar-refractivity contribution in [2.24, 2.45) is 0 Å². The topological polar surface area (TPSA) is 134 Å². The number of urea groups is 1. The summed E-state index contributed by atoms with van der Waals surface area (Å²) in [6.07, 6.45) is 0.312. The number of aliphatic hydroxyl groups is 1. The zero-order chi connectivity index (χ0) is 28.5. The molecular weight excluding hydrogens is 544 g/mol. The smallest absolute Gasteiger partial charge is 0.319 e. The van der Waals surface area contributed by atoms with Gasteiger partial charge in [-0.3, -0.25) is 0 Å². The Morgan fingerprint density at radius 3 is 2.48 bits per heavy atom. The van der Waals surface area contributed by atoms with Crippen molar-refractivity contribution in [2.45, 2.75) is 35.4 Å². The van der Waals surface area contributed by atoms with E-state index in [-0.39, 0.29) is 43.6 Å². The molecule has 2 amide bonds. The highest BCUT2D eigenvalue weighted by atomic mass is 32.2. The van der Waals surface area contributed by atoms with E-state index in [1.54, 1.807) is 30.3 Å². The number of nitrogens with zero attached hydrogens (tertiary/aromatic N) is 3. The molecule has 1 aliphatic carbocycles. The number of aliphatic hydroxyl groups excluding tert-OH is 1. The third-order valence-corrected chi connectivity index (χ3v) is 9.62. The highest BCUT2D eigenvalue weighted by Crippen LogP contribution is 2.55. The van der Waals surface area contributed by atoms with Crippen LogP contribution < -0.4 is 15.5 Å². The Hall–Kier alpha value is -3.68. The molecule has 10 nitrogen and oxygen atoms in total. The van der Waals surface area contributed by atoms with Gasteiger partial charge in [0.1, 0.15) is 27.1 Å². The maximum Gasteiger partial charge on any atom is 0.319 e. The van der Waals surface area contributed by atoms with Gasteiger partial charge in [0.15, 0.2) is 15.7 Å². The number of benzene rings is 2. The number of rotatable bonds is 8. The third kappa shape index (κ3) is 5.23. The van der Waals surface area contributed by atoms with Crippen LogP contribution in [0.25, 0.3) is 11.4 Å². The Bertz CT molecular complexity index is 1500. The van der Waals surface area contributed by atoms with Gasteiger partial charge < -0.3 is 25.4 Å². The van der Waals surface area contributed by atoms with Crippen LogP contribution in [0.4, 0.5) is 25.1 Å². The largest absolute Gasteiger partial charge is 0.395 e. The molecule has 2 aromatic carbocycles. The SMILES string of the molecule is C[C@H]1COCCN1c1cc(C2(S(=O)(=O)c3c(F)cccc3F)CC2)nc(-c2ccc(NC(=O)NCCO)cc2)n1. The maximum absolute atomic E-state index is 14.7. The van der Waals surface area contributed by atoms with Gasteiger partial charge >= 0.3 is 6.03 Å². The minimum atomic E-state index is -4.49. The fourth-order valence-electron chi connectivity index (χ4n) is 4.77. The molecule has 1 saturated heterocycles. The van der Waals surface area contributed by atoms with Crippen molar-refractivity contribution in [1.29, 1.82) is 0 Å². The van der Waals surface area contributed by atoms with Gasteiger partial charge in [0.25, 0.3) is 0 Å². The summed E-state index contributed by atoms with van der Waals surface area (Å²) in [6, 6.07) is 10.7. The summed E-state index contributed by atoms with van der Waals surface area (Å²) < 4.78 is 60.8. The van der Waals surface area contributed by atoms with Crippen molar-refractivity contribution in [3.63, 3.8) is 0 Å². The van der Waals surface area contributed by atoms with Crippen LogP contribution in [0.5, 0.6) is 0 Å². The number of nitrogens with one attached hydrogen (secondary N) is 2. The molecule has 0 unspecified atom stereocenters. The van der Waals surface area contributed by atoms with Crippen molar-refractivity contribution >= 4 is 27.4 Å². The Kier molecular flexibility index (Phi) is 7.71. The fourth-order valence-corrected chi connectivity index (χ4v) is 6.83. The molecule has 1 saturated carbocycles. The molecule has 1 atom stereocenters. The average Bonchev–Trinajstić information content (AvgIpc) is 3.75. The molecule has 3 N–H and O–H groups in total. The number of hydrogen-bond donors (Lipinski definition) is 3. The van der Waals surface area contributed by atoms with E-state index in [2.05, 4.69) is 15.6 Å². The second-order valence-corrected chi connectivity index (χ2v) is 12.0. The predicted octanol–water partition coefficient (Wildman–Crippen LogP) is 3.22. The molecule has 1 aliphatic heterocycles. The summed E-state index contributed by atoms with van der Waals surface area (Å²) in [5, 5.41) is 14.0. The van der Waals surface area contributed by atoms with Gasteiger partial charge in [-0.05, 0) is 56.2 Å². The highest BCUT2D eigenvalue weighted by molar-refractivity contribution is 7.92. The highest BCUT2D eigenvalue weighted by Gasteiger charge is 2.59. The van der Waals surface area contributed by atoms with Crippen LogP contribution >= 0.6 is 0 Å². The molecule has 40 heavy (non-hydrogen) atoms. The number of morpholine rings is 1. The first kappa shape index (κ1) is 27.9. The zero-order valence-electron chi connectivity index (χ0n) is 21.7. The number of sulfone groups is 1. The Morgan fingerprint density at radius 2 is 1.85 bits per heavy atom. The quantitative estimate of drug-likeness (QED) is 0.374. The van der Waals surface area contributed by atoms with Gasteiger partial charge in [0, 0.05) is 30.4 Å². The monoisotopic (exact) mass is 573 g/mol. The first-order valence-electron chi connectivity index (χ1n) is 12.8. The van der Waals surface area contributed by atoms with Crippen molar-refractivity contribution in [3.8, 4) is 11.4 Å². The van der Waals surface area contributed by atoms with Crippen molar-refractivity contribution < 1.29 is 31.8 Å². The van der Waals surface area contributed by atoms with Crippen molar-refractivity contribution in [3.05, 3.63) is 65.9 Å². The lowest BCUT2D eigenvalue weighted by molar-refractivity contribution is 0.0985. The van der Waals surface area contributed by atoms with Crippen LogP contribution in [0.3, 0.4) is 0 Å². The molecular formula is C27H29F2N5O5S. The van der Waals surface area contributed by atoms with E-state index in [0.29, 0.717) is 36.8 Å². The molecule has 0 bridgehead atoms. The lowest BCUT2D eigenvalue weighted by Gasteiger charge is -2.34. The van der Waals surface area contributed by atoms with Gasteiger partial charge in [-0.1, -0.05) is 6.07 Å².